The molecule has 4 nitrogen and oxygen atoms in total. The van der Waals surface area contributed by atoms with E-state index in [1.807, 2.05) is 11.0 Å². The first kappa shape index (κ1) is 23.2. The van der Waals surface area contributed by atoms with Gasteiger partial charge in [-0.2, -0.15) is 0 Å². The topological polar surface area (TPSA) is 21.8 Å². The van der Waals surface area contributed by atoms with E-state index in [9.17, 15) is 13.2 Å². The highest BCUT2D eigenvalue weighted by molar-refractivity contribution is 5.48. The molecule has 4 aliphatic rings. The van der Waals surface area contributed by atoms with Crippen molar-refractivity contribution in [2.24, 2.45) is 5.92 Å². The zero-order valence-electron chi connectivity index (χ0n) is 19.8. The maximum absolute atomic E-state index is 14.6. The maximum atomic E-state index is 14.6. The molecule has 1 aromatic rings. The average Bonchev–Trinajstić information content (AvgIpc) is 3.07. The Bertz CT molecular complexity index is 869. The molecule has 3 saturated heterocycles. The van der Waals surface area contributed by atoms with Crippen LogP contribution in [-0.2, 0) is 0 Å². The van der Waals surface area contributed by atoms with E-state index >= 15 is 0 Å². The van der Waals surface area contributed by atoms with Crippen LogP contribution in [0.1, 0.15) is 46.0 Å². The molecule has 0 spiro atoms. The van der Waals surface area contributed by atoms with E-state index in [0.29, 0.717) is 36.2 Å². The summed E-state index contributed by atoms with van der Waals surface area (Å²) in [6, 6.07) is 5.47. The summed E-state index contributed by atoms with van der Waals surface area (Å²) < 4.78 is 42.2. The second-order valence-electron chi connectivity index (χ2n) is 10.6. The molecule has 1 aliphatic carbocycles. The number of anilines is 1. The third kappa shape index (κ3) is 4.82. The number of halogens is 3. The van der Waals surface area contributed by atoms with Crippen molar-refractivity contribution in [2.75, 3.05) is 37.6 Å². The van der Waals surface area contributed by atoms with Crippen molar-refractivity contribution in [1.29, 1.82) is 0 Å². The van der Waals surface area contributed by atoms with Gasteiger partial charge in [0, 0.05) is 75.4 Å². The summed E-state index contributed by atoms with van der Waals surface area (Å²) in [5.41, 5.74) is 0.489. The number of allylic oxidation sites excluding steroid dienone is 1. The second kappa shape index (κ2) is 9.59. The van der Waals surface area contributed by atoms with Gasteiger partial charge in [-0.05, 0) is 57.2 Å². The van der Waals surface area contributed by atoms with Crippen LogP contribution in [0.4, 0.5) is 18.9 Å². The summed E-state index contributed by atoms with van der Waals surface area (Å²) >= 11 is 0. The van der Waals surface area contributed by atoms with Crippen molar-refractivity contribution in [3.8, 4) is 0 Å². The van der Waals surface area contributed by atoms with Crippen molar-refractivity contribution in [1.82, 2.24) is 15.1 Å². The molecule has 0 aromatic heterocycles. The fourth-order valence-corrected chi connectivity index (χ4v) is 6.83. The first-order valence-corrected chi connectivity index (χ1v) is 12.7. The molecular weight excluding hydrogens is 425 g/mol. The Kier molecular flexibility index (Phi) is 6.74. The number of piperazine rings is 1. The molecule has 6 atom stereocenters. The second-order valence-corrected chi connectivity index (χ2v) is 10.6. The Morgan fingerprint density at radius 3 is 2.58 bits per heavy atom. The summed E-state index contributed by atoms with van der Waals surface area (Å²) in [6.45, 7) is 8.74. The molecule has 6 unspecified atom stereocenters. The van der Waals surface area contributed by atoms with Gasteiger partial charge in [0.25, 0.3) is 0 Å². The predicted molar refractivity (Wildman–Crippen MR) is 126 cm³/mol. The van der Waals surface area contributed by atoms with E-state index < -0.39 is 11.6 Å². The molecule has 3 heterocycles. The SMILES string of the molecule is CC1NC2C=C(F)CC3CCCC(C)N(C3C2)C1CN1CCN(c2ccc(F)cc2F)CC1. The van der Waals surface area contributed by atoms with Crippen LogP contribution in [0.25, 0.3) is 0 Å². The van der Waals surface area contributed by atoms with Crippen molar-refractivity contribution in [3.63, 3.8) is 0 Å². The quantitative estimate of drug-likeness (QED) is 0.722. The minimum atomic E-state index is -0.537. The zero-order valence-corrected chi connectivity index (χ0v) is 19.8. The van der Waals surface area contributed by atoms with Gasteiger partial charge in [0.05, 0.1) is 11.5 Å². The highest BCUT2D eigenvalue weighted by Gasteiger charge is 2.44. The molecule has 0 amide bonds. The third-order valence-corrected chi connectivity index (χ3v) is 8.47. The van der Waals surface area contributed by atoms with Crippen LogP contribution >= 0.6 is 0 Å². The summed E-state index contributed by atoms with van der Waals surface area (Å²) in [7, 11) is 0. The van der Waals surface area contributed by atoms with Gasteiger partial charge in [-0.25, -0.2) is 13.2 Å². The molecule has 1 N–H and O–H groups in total. The van der Waals surface area contributed by atoms with E-state index in [4.69, 9.17) is 0 Å². The molecule has 182 valence electrons. The number of fused-ring (bicyclic) bond motifs is 1. The van der Waals surface area contributed by atoms with Crippen LogP contribution in [0, 0.1) is 17.6 Å². The van der Waals surface area contributed by atoms with Crippen LogP contribution in [-0.4, -0.2) is 72.7 Å². The van der Waals surface area contributed by atoms with E-state index in [0.717, 1.165) is 51.6 Å². The van der Waals surface area contributed by atoms with Gasteiger partial charge in [-0.15, -0.1) is 0 Å². The first-order chi connectivity index (χ1) is 15.9. The van der Waals surface area contributed by atoms with E-state index in [1.165, 1.54) is 18.9 Å². The smallest absolute Gasteiger partial charge is 0.149 e. The molecular formula is C26H37F3N4. The Hall–Kier alpha value is -1.57. The minimum Gasteiger partial charge on any atom is -0.367 e. The minimum absolute atomic E-state index is 0.0595. The molecule has 0 saturated carbocycles. The largest absolute Gasteiger partial charge is 0.367 e. The lowest BCUT2D eigenvalue weighted by atomic mass is 9.89. The van der Waals surface area contributed by atoms with Crippen molar-refractivity contribution < 1.29 is 13.2 Å². The van der Waals surface area contributed by atoms with Gasteiger partial charge in [0.1, 0.15) is 11.6 Å². The average molecular weight is 463 g/mol. The van der Waals surface area contributed by atoms with Crippen LogP contribution in [0.15, 0.2) is 30.1 Å². The highest BCUT2D eigenvalue weighted by Crippen LogP contribution is 2.39. The molecule has 7 heteroatoms. The Morgan fingerprint density at radius 1 is 1.03 bits per heavy atom. The van der Waals surface area contributed by atoms with Crippen LogP contribution in [0.5, 0.6) is 0 Å². The Morgan fingerprint density at radius 2 is 1.82 bits per heavy atom. The fraction of sp³-hybridized carbons (Fsp3) is 0.692. The third-order valence-electron chi connectivity index (χ3n) is 8.47. The van der Waals surface area contributed by atoms with E-state index in [1.54, 1.807) is 6.07 Å². The number of nitrogens with zero attached hydrogens (tertiary/aromatic N) is 3. The summed E-state index contributed by atoms with van der Waals surface area (Å²) in [6.07, 6.45) is 6.86. The zero-order chi connectivity index (χ0) is 23.1. The van der Waals surface area contributed by atoms with Crippen LogP contribution in [0.3, 0.4) is 0 Å². The number of hydrogen-bond acceptors (Lipinski definition) is 4. The molecule has 1 aromatic carbocycles. The predicted octanol–water partition coefficient (Wildman–Crippen LogP) is 4.32. The lowest BCUT2D eigenvalue weighted by molar-refractivity contribution is 0.0354. The lowest BCUT2D eigenvalue weighted by Gasteiger charge is -2.46. The number of benzene rings is 1. The maximum Gasteiger partial charge on any atom is 0.149 e. The molecule has 33 heavy (non-hydrogen) atoms. The molecule has 3 aliphatic heterocycles. The van der Waals surface area contributed by atoms with E-state index in [2.05, 4.69) is 29.0 Å². The van der Waals surface area contributed by atoms with Crippen molar-refractivity contribution in [3.05, 3.63) is 41.7 Å². The Balaban J connectivity index is 1.31. The first-order valence-electron chi connectivity index (χ1n) is 12.7. The fourth-order valence-electron chi connectivity index (χ4n) is 6.83. The lowest BCUT2D eigenvalue weighted by Crippen LogP contribution is -2.60. The number of rotatable bonds is 3. The van der Waals surface area contributed by atoms with Gasteiger partial charge >= 0.3 is 0 Å². The standard InChI is InChI=1S/C26H37F3N4/c1-17-4-3-5-19-12-21(28)13-22-15-25(19)33(17)26(18(2)30-22)16-31-8-10-32(11-9-31)24-7-6-20(27)14-23(24)29/h6-7,13-14,17-19,22,25-26,30H,3-5,8-12,15-16H2,1-2H3. The summed E-state index contributed by atoms with van der Waals surface area (Å²) in [5, 5.41) is 3.74. The van der Waals surface area contributed by atoms with Gasteiger partial charge in [-0.3, -0.25) is 9.80 Å². The monoisotopic (exact) mass is 462 g/mol. The van der Waals surface area contributed by atoms with Gasteiger partial charge in [-0.1, -0.05) is 6.42 Å². The Labute approximate surface area is 195 Å². The molecule has 5 rings (SSSR count). The normalized spacial score (nSPS) is 36.0. The van der Waals surface area contributed by atoms with Crippen molar-refractivity contribution in [2.45, 2.75) is 76.2 Å². The molecule has 2 bridgehead atoms. The summed E-state index contributed by atoms with van der Waals surface area (Å²) in [4.78, 5) is 7.26. The summed E-state index contributed by atoms with van der Waals surface area (Å²) in [5.74, 6) is -0.572. The van der Waals surface area contributed by atoms with Gasteiger partial charge in [0.15, 0.2) is 0 Å². The molecule has 3 fully saturated rings. The van der Waals surface area contributed by atoms with Gasteiger partial charge in [0.2, 0.25) is 0 Å². The molecule has 0 radical (unpaired) electrons. The number of nitrogens with one attached hydrogen (secondary N) is 1. The van der Waals surface area contributed by atoms with Crippen LogP contribution in [0.2, 0.25) is 0 Å². The number of hydrogen-bond donors (Lipinski definition) is 1. The van der Waals surface area contributed by atoms with Gasteiger partial charge < -0.3 is 10.2 Å². The van der Waals surface area contributed by atoms with Crippen LogP contribution < -0.4 is 10.2 Å². The van der Waals surface area contributed by atoms with Crippen molar-refractivity contribution >= 4 is 5.69 Å². The van der Waals surface area contributed by atoms with E-state index in [-0.39, 0.29) is 17.9 Å². The highest BCUT2D eigenvalue weighted by atomic mass is 19.1.